The third-order valence-corrected chi connectivity index (χ3v) is 3.06. The van der Waals surface area contributed by atoms with E-state index >= 15 is 0 Å². The van der Waals surface area contributed by atoms with Gasteiger partial charge < -0.3 is 5.11 Å². The summed E-state index contributed by atoms with van der Waals surface area (Å²) < 4.78 is 0. The first-order valence-electron chi connectivity index (χ1n) is 5.03. The van der Waals surface area contributed by atoms with Gasteiger partial charge in [-0.05, 0) is 43.9 Å². The van der Waals surface area contributed by atoms with Gasteiger partial charge in [0.2, 0.25) is 0 Å². The third kappa shape index (κ3) is 2.63. The van der Waals surface area contributed by atoms with Crippen molar-refractivity contribution in [1.29, 1.82) is 0 Å². The molecule has 0 bridgehead atoms. The average Bonchev–Trinajstić information content (AvgIpc) is 2.03. The molecule has 0 spiro atoms. The summed E-state index contributed by atoms with van der Waals surface area (Å²) in [6, 6.07) is 0. The number of allylic oxidation sites excluding steroid dienone is 1. The Kier molecular flexibility index (Phi) is 3.80. The number of hydrogen-bond acceptors (Lipinski definition) is 1. The summed E-state index contributed by atoms with van der Waals surface area (Å²) in [5, 5.41) is 9.40. The molecule has 0 radical (unpaired) electrons. The minimum absolute atomic E-state index is 0.0278. The molecule has 1 nitrogen and oxygen atoms in total. The second kappa shape index (κ2) is 4.66. The molecule has 1 rings (SSSR count). The van der Waals surface area contributed by atoms with Crippen molar-refractivity contribution >= 4 is 0 Å². The molecule has 3 unspecified atom stereocenters. The highest BCUT2D eigenvalue weighted by Gasteiger charge is 2.25. The zero-order valence-electron chi connectivity index (χ0n) is 8.00. The van der Waals surface area contributed by atoms with E-state index in [0.717, 1.165) is 25.2 Å². The van der Waals surface area contributed by atoms with E-state index in [1.165, 1.54) is 12.8 Å². The maximum absolute atomic E-state index is 9.40. The van der Waals surface area contributed by atoms with Gasteiger partial charge in [-0.1, -0.05) is 13.0 Å². The van der Waals surface area contributed by atoms with Crippen LogP contribution in [0.1, 0.15) is 39.0 Å². The van der Waals surface area contributed by atoms with Crippen LogP contribution in [0.3, 0.4) is 0 Å². The summed E-state index contributed by atoms with van der Waals surface area (Å²) in [4.78, 5) is 0. The lowest BCUT2D eigenvalue weighted by Gasteiger charge is -2.31. The van der Waals surface area contributed by atoms with Crippen LogP contribution < -0.4 is 0 Å². The van der Waals surface area contributed by atoms with E-state index in [-0.39, 0.29) is 6.10 Å². The normalized spacial score (nSPS) is 36.3. The second-order valence-electron chi connectivity index (χ2n) is 4.07. The molecule has 70 valence electrons. The first kappa shape index (κ1) is 9.79. The summed E-state index contributed by atoms with van der Waals surface area (Å²) in [6.07, 6.45) is 7.57. The molecule has 0 heterocycles. The third-order valence-electron chi connectivity index (χ3n) is 3.06. The highest BCUT2D eigenvalue weighted by Crippen LogP contribution is 2.32. The molecule has 0 aromatic heterocycles. The van der Waals surface area contributed by atoms with Crippen molar-refractivity contribution in [3.8, 4) is 0 Å². The Morgan fingerprint density at radius 2 is 2.25 bits per heavy atom. The zero-order chi connectivity index (χ0) is 8.97. The van der Waals surface area contributed by atoms with Crippen molar-refractivity contribution < 1.29 is 5.11 Å². The fraction of sp³-hybridized carbons (Fsp3) is 0.818. The monoisotopic (exact) mass is 168 g/mol. The zero-order valence-corrected chi connectivity index (χ0v) is 8.00. The number of aliphatic hydroxyl groups is 1. The van der Waals surface area contributed by atoms with E-state index in [2.05, 4.69) is 13.5 Å². The lowest BCUT2D eigenvalue weighted by atomic mass is 9.77. The number of aliphatic hydroxyl groups excluding tert-OH is 1. The first-order valence-corrected chi connectivity index (χ1v) is 5.03. The summed E-state index contributed by atoms with van der Waals surface area (Å²) in [6.45, 7) is 6.00. The van der Waals surface area contributed by atoms with Crippen molar-refractivity contribution in [2.24, 2.45) is 11.8 Å². The smallest absolute Gasteiger partial charge is 0.0543 e. The fourth-order valence-electron chi connectivity index (χ4n) is 2.19. The summed E-state index contributed by atoms with van der Waals surface area (Å²) in [5.74, 6) is 1.53. The Morgan fingerprint density at radius 3 is 2.83 bits per heavy atom. The fourth-order valence-corrected chi connectivity index (χ4v) is 2.19. The Hall–Kier alpha value is -0.300. The van der Waals surface area contributed by atoms with E-state index in [0.29, 0.717) is 5.92 Å². The van der Waals surface area contributed by atoms with Gasteiger partial charge in [-0.2, -0.15) is 0 Å². The molecule has 0 amide bonds. The van der Waals surface area contributed by atoms with Crippen molar-refractivity contribution in [2.75, 3.05) is 0 Å². The molecule has 12 heavy (non-hydrogen) atoms. The van der Waals surface area contributed by atoms with E-state index in [1.807, 2.05) is 6.08 Å². The van der Waals surface area contributed by atoms with Crippen LogP contribution in [0.4, 0.5) is 0 Å². The molecule has 0 aliphatic heterocycles. The predicted octanol–water partition coefficient (Wildman–Crippen LogP) is 2.75. The van der Waals surface area contributed by atoms with Crippen LogP contribution in [0.5, 0.6) is 0 Å². The lowest BCUT2D eigenvalue weighted by molar-refractivity contribution is 0.0727. The van der Waals surface area contributed by atoms with E-state index in [9.17, 15) is 5.11 Å². The van der Waals surface area contributed by atoms with Crippen molar-refractivity contribution in [3.63, 3.8) is 0 Å². The number of rotatable bonds is 3. The van der Waals surface area contributed by atoms with Crippen LogP contribution in [0.25, 0.3) is 0 Å². The highest BCUT2D eigenvalue weighted by molar-refractivity contribution is 4.79. The molecule has 1 saturated carbocycles. The van der Waals surface area contributed by atoms with Gasteiger partial charge in [0.25, 0.3) is 0 Å². The number of hydrogen-bond donors (Lipinski definition) is 1. The molecule has 3 atom stereocenters. The summed E-state index contributed by atoms with van der Waals surface area (Å²) in [5.41, 5.74) is 0. The lowest BCUT2D eigenvalue weighted by Crippen LogP contribution is -2.25. The molecule has 1 fully saturated rings. The quantitative estimate of drug-likeness (QED) is 0.642. The van der Waals surface area contributed by atoms with Gasteiger partial charge in [-0.25, -0.2) is 0 Å². The highest BCUT2D eigenvalue weighted by atomic mass is 16.3. The summed E-state index contributed by atoms with van der Waals surface area (Å²) in [7, 11) is 0. The topological polar surface area (TPSA) is 20.2 Å². The van der Waals surface area contributed by atoms with Crippen molar-refractivity contribution in [1.82, 2.24) is 0 Å². The maximum atomic E-state index is 9.40. The second-order valence-corrected chi connectivity index (χ2v) is 4.07. The largest absolute Gasteiger partial charge is 0.393 e. The van der Waals surface area contributed by atoms with Gasteiger partial charge >= 0.3 is 0 Å². The van der Waals surface area contributed by atoms with Gasteiger partial charge in [0.15, 0.2) is 0 Å². The first-order chi connectivity index (χ1) is 5.74. The van der Waals surface area contributed by atoms with Gasteiger partial charge in [0.05, 0.1) is 6.10 Å². The Bertz CT molecular complexity index is 142. The molecule has 1 aliphatic carbocycles. The maximum Gasteiger partial charge on any atom is 0.0543 e. The van der Waals surface area contributed by atoms with Gasteiger partial charge in [-0.3, -0.25) is 0 Å². The molecular weight excluding hydrogens is 148 g/mol. The van der Waals surface area contributed by atoms with Crippen LogP contribution >= 0.6 is 0 Å². The minimum Gasteiger partial charge on any atom is -0.393 e. The predicted molar refractivity (Wildman–Crippen MR) is 51.9 cm³/mol. The molecule has 1 N–H and O–H groups in total. The van der Waals surface area contributed by atoms with E-state index in [4.69, 9.17) is 0 Å². The minimum atomic E-state index is -0.0278. The van der Waals surface area contributed by atoms with Gasteiger partial charge in [0, 0.05) is 0 Å². The van der Waals surface area contributed by atoms with Crippen LogP contribution in [-0.4, -0.2) is 11.2 Å². The Morgan fingerprint density at radius 1 is 1.50 bits per heavy atom. The Labute approximate surface area is 75.5 Å². The molecule has 0 aromatic carbocycles. The van der Waals surface area contributed by atoms with Crippen LogP contribution in [0.15, 0.2) is 12.7 Å². The van der Waals surface area contributed by atoms with Crippen LogP contribution in [-0.2, 0) is 0 Å². The SMILES string of the molecule is C=CCCC1CCC(O)CC1C. The standard InChI is InChI=1S/C11H20O/c1-3-4-5-10-6-7-11(12)8-9(10)2/h3,9-12H,1,4-8H2,2H3. The average molecular weight is 168 g/mol. The van der Waals surface area contributed by atoms with E-state index in [1.54, 1.807) is 0 Å². The molecule has 1 aliphatic rings. The summed E-state index contributed by atoms with van der Waals surface area (Å²) >= 11 is 0. The Balaban J connectivity index is 2.29. The van der Waals surface area contributed by atoms with Crippen molar-refractivity contribution in [3.05, 3.63) is 12.7 Å². The van der Waals surface area contributed by atoms with Crippen LogP contribution in [0, 0.1) is 11.8 Å². The molecule has 0 saturated heterocycles. The molecule has 0 aromatic rings. The van der Waals surface area contributed by atoms with Crippen molar-refractivity contribution in [2.45, 2.75) is 45.1 Å². The molecule has 1 heteroatoms. The van der Waals surface area contributed by atoms with Gasteiger partial charge in [-0.15, -0.1) is 6.58 Å². The van der Waals surface area contributed by atoms with E-state index < -0.39 is 0 Å². The molecular formula is C11H20O. The van der Waals surface area contributed by atoms with Crippen LogP contribution in [0.2, 0.25) is 0 Å². The van der Waals surface area contributed by atoms with Gasteiger partial charge in [0.1, 0.15) is 0 Å².